The molecule has 4 N–H and O–H groups in total. The van der Waals surface area contributed by atoms with Crippen LogP contribution in [0, 0.1) is 0 Å². The lowest BCUT2D eigenvalue weighted by atomic mass is 10.0. The van der Waals surface area contributed by atoms with Crippen LogP contribution in [-0.2, 0) is 16.0 Å². The van der Waals surface area contributed by atoms with Gasteiger partial charge in [-0.05, 0) is 36.2 Å². The monoisotopic (exact) mass is 367 g/mol. The number of hydrogen-bond acceptors (Lipinski definition) is 4. The molecule has 0 aliphatic heterocycles. The van der Waals surface area contributed by atoms with Gasteiger partial charge in [0.2, 0.25) is 5.91 Å². The molecule has 2 aromatic rings. The van der Waals surface area contributed by atoms with E-state index in [4.69, 9.17) is 10.5 Å². The molecule has 2 aromatic carbocycles. The average Bonchev–Trinajstić information content (AvgIpc) is 2.68. The molecule has 142 valence electrons. The molecular weight excluding hydrogens is 342 g/mol. The number of benzene rings is 2. The van der Waals surface area contributed by atoms with Gasteiger partial charge in [0, 0.05) is 5.69 Å². The van der Waals surface area contributed by atoms with E-state index in [0.29, 0.717) is 12.2 Å². The van der Waals surface area contributed by atoms with Crippen LogP contribution < -0.4 is 16.4 Å². The average molecular weight is 367 g/mol. The Labute approximate surface area is 159 Å². The first-order chi connectivity index (χ1) is 13.1. The van der Waals surface area contributed by atoms with Crippen molar-refractivity contribution in [3.05, 3.63) is 78.4 Å². The Balaban J connectivity index is 2.01. The molecule has 0 spiro atoms. The number of ether oxygens (including phenoxy) is 1. The van der Waals surface area contributed by atoms with Gasteiger partial charge in [0.05, 0.1) is 12.5 Å². The minimum Gasteiger partial charge on any atom is -0.445 e. The molecule has 2 amide bonds. The van der Waals surface area contributed by atoms with Gasteiger partial charge >= 0.3 is 6.09 Å². The topological polar surface area (TPSA) is 93.4 Å². The first kappa shape index (κ1) is 20.2. The highest BCUT2D eigenvalue weighted by Crippen LogP contribution is 2.18. The summed E-state index contributed by atoms with van der Waals surface area (Å²) in [6.45, 7) is 4.19. The third-order valence-electron chi connectivity index (χ3n) is 3.89. The van der Waals surface area contributed by atoms with Gasteiger partial charge in [0.15, 0.2) is 0 Å². The summed E-state index contributed by atoms with van der Waals surface area (Å²) in [6.07, 6.45) is 1.76. The first-order valence-electron chi connectivity index (χ1n) is 8.80. The van der Waals surface area contributed by atoms with E-state index >= 15 is 0 Å². The molecule has 0 fully saturated rings. The summed E-state index contributed by atoms with van der Waals surface area (Å²) in [6, 6.07) is 16.3. The summed E-state index contributed by atoms with van der Waals surface area (Å²) >= 11 is 0. The van der Waals surface area contributed by atoms with Crippen molar-refractivity contribution in [2.45, 2.75) is 18.9 Å². The highest BCUT2D eigenvalue weighted by atomic mass is 16.5. The molecule has 1 unspecified atom stereocenters. The molecule has 2 rings (SSSR count). The van der Waals surface area contributed by atoms with Crippen molar-refractivity contribution in [1.29, 1.82) is 0 Å². The molecule has 0 aliphatic carbocycles. The van der Waals surface area contributed by atoms with Crippen LogP contribution in [0.5, 0.6) is 0 Å². The van der Waals surface area contributed by atoms with Crippen LogP contribution in [0.4, 0.5) is 10.5 Å². The van der Waals surface area contributed by atoms with Crippen molar-refractivity contribution in [1.82, 2.24) is 5.32 Å². The third kappa shape index (κ3) is 6.95. The lowest BCUT2D eigenvalue weighted by molar-refractivity contribution is -0.116. The second kappa shape index (κ2) is 10.8. The fourth-order valence-electron chi connectivity index (χ4n) is 2.57. The molecule has 0 saturated carbocycles. The molecule has 0 aliphatic rings. The molecule has 6 heteroatoms. The van der Waals surface area contributed by atoms with Gasteiger partial charge in [0.1, 0.15) is 6.61 Å². The Morgan fingerprint density at radius 1 is 1.11 bits per heavy atom. The van der Waals surface area contributed by atoms with Crippen LogP contribution in [0.3, 0.4) is 0 Å². The molecule has 1 atom stereocenters. The largest absolute Gasteiger partial charge is 0.445 e. The number of amides is 2. The van der Waals surface area contributed by atoms with Gasteiger partial charge in [-0.15, -0.1) is 0 Å². The Kier molecular flexibility index (Phi) is 8.06. The zero-order chi connectivity index (χ0) is 19.5. The van der Waals surface area contributed by atoms with E-state index in [1.54, 1.807) is 0 Å². The predicted molar refractivity (Wildman–Crippen MR) is 106 cm³/mol. The maximum Gasteiger partial charge on any atom is 0.407 e. The maximum atomic E-state index is 12.5. The van der Waals surface area contributed by atoms with Crippen molar-refractivity contribution in [2.24, 2.45) is 5.73 Å². The van der Waals surface area contributed by atoms with Crippen LogP contribution in [0.1, 0.15) is 23.6 Å². The SMILES string of the molecule is C=CCOC(=O)NC(CC(=O)Nc1ccc(CCN)cc1)c1ccccc1. The molecule has 6 nitrogen and oxygen atoms in total. The zero-order valence-electron chi connectivity index (χ0n) is 15.2. The van der Waals surface area contributed by atoms with Gasteiger partial charge in [-0.25, -0.2) is 4.79 Å². The zero-order valence-corrected chi connectivity index (χ0v) is 15.2. The van der Waals surface area contributed by atoms with Crippen LogP contribution in [0.25, 0.3) is 0 Å². The minimum absolute atomic E-state index is 0.0811. The molecule has 0 radical (unpaired) electrons. The number of carbonyl (C=O) groups excluding carboxylic acids is 2. The molecule has 0 aromatic heterocycles. The molecule has 27 heavy (non-hydrogen) atoms. The first-order valence-corrected chi connectivity index (χ1v) is 8.80. The molecule has 0 bridgehead atoms. The lowest BCUT2D eigenvalue weighted by Crippen LogP contribution is -2.32. The molecule has 0 saturated heterocycles. The Morgan fingerprint density at radius 3 is 2.44 bits per heavy atom. The smallest absolute Gasteiger partial charge is 0.407 e. The third-order valence-corrected chi connectivity index (χ3v) is 3.89. The number of nitrogens with two attached hydrogens (primary N) is 1. The Hall–Kier alpha value is -3.12. The quantitative estimate of drug-likeness (QED) is 0.594. The number of alkyl carbamates (subject to hydrolysis) is 1. The van der Waals surface area contributed by atoms with Gasteiger partial charge in [-0.3, -0.25) is 4.79 Å². The fraction of sp³-hybridized carbons (Fsp3) is 0.238. The van der Waals surface area contributed by atoms with Crippen molar-refractivity contribution in [3.8, 4) is 0 Å². The van der Waals surface area contributed by atoms with Gasteiger partial charge in [-0.1, -0.05) is 55.1 Å². The van der Waals surface area contributed by atoms with E-state index < -0.39 is 12.1 Å². The lowest BCUT2D eigenvalue weighted by Gasteiger charge is -2.18. The Morgan fingerprint density at radius 2 is 1.81 bits per heavy atom. The van der Waals surface area contributed by atoms with E-state index in [-0.39, 0.29) is 18.9 Å². The number of hydrogen-bond donors (Lipinski definition) is 3. The summed E-state index contributed by atoms with van der Waals surface area (Å²) in [4.78, 5) is 24.4. The van der Waals surface area contributed by atoms with E-state index in [1.807, 2.05) is 54.6 Å². The molecular formula is C21H25N3O3. The standard InChI is InChI=1S/C21H25N3O3/c1-2-14-27-21(26)24-19(17-6-4-3-5-7-17)15-20(25)23-18-10-8-16(9-11-18)12-13-22/h2-11,19H,1,12-15,22H2,(H,23,25)(H,24,26). The van der Waals surface area contributed by atoms with Gasteiger partial charge in [0.25, 0.3) is 0 Å². The van der Waals surface area contributed by atoms with E-state index in [9.17, 15) is 9.59 Å². The second-order valence-corrected chi connectivity index (χ2v) is 5.98. The Bertz CT molecular complexity index is 745. The second-order valence-electron chi connectivity index (χ2n) is 5.98. The number of rotatable bonds is 9. The van der Waals surface area contributed by atoms with Crippen molar-refractivity contribution >= 4 is 17.7 Å². The van der Waals surface area contributed by atoms with Crippen molar-refractivity contribution in [3.63, 3.8) is 0 Å². The normalized spacial score (nSPS) is 11.3. The summed E-state index contributed by atoms with van der Waals surface area (Å²) < 4.78 is 4.97. The summed E-state index contributed by atoms with van der Waals surface area (Å²) in [5.41, 5.74) is 8.17. The highest BCUT2D eigenvalue weighted by Gasteiger charge is 2.19. The van der Waals surface area contributed by atoms with E-state index in [1.165, 1.54) is 6.08 Å². The summed E-state index contributed by atoms with van der Waals surface area (Å²) in [5, 5.41) is 5.58. The maximum absolute atomic E-state index is 12.5. The van der Waals surface area contributed by atoms with Crippen molar-refractivity contribution in [2.75, 3.05) is 18.5 Å². The van der Waals surface area contributed by atoms with Crippen molar-refractivity contribution < 1.29 is 14.3 Å². The number of nitrogens with one attached hydrogen (secondary N) is 2. The van der Waals surface area contributed by atoms with E-state index in [0.717, 1.165) is 17.5 Å². The minimum atomic E-state index is -0.595. The highest BCUT2D eigenvalue weighted by molar-refractivity contribution is 5.91. The van der Waals surface area contributed by atoms with Crippen LogP contribution >= 0.6 is 0 Å². The van der Waals surface area contributed by atoms with Gasteiger partial charge < -0.3 is 21.1 Å². The van der Waals surface area contributed by atoms with Gasteiger partial charge in [-0.2, -0.15) is 0 Å². The summed E-state index contributed by atoms with van der Waals surface area (Å²) in [7, 11) is 0. The fourth-order valence-corrected chi connectivity index (χ4v) is 2.57. The van der Waals surface area contributed by atoms with Crippen LogP contribution in [-0.4, -0.2) is 25.2 Å². The predicted octanol–water partition coefficient (Wildman–Crippen LogP) is 3.17. The summed E-state index contributed by atoms with van der Waals surface area (Å²) in [5.74, 6) is -0.209. The van der Waals surface area contributed by atoms with Crippen LogP contribution in [0.2, 0.25) is 0 Å². The number of anilines is 1. The molecule has 0 heterocycles. The number of carbonyl (C=O) groups is 2. The van der Waals surface area contributed by atoms with E-state index in [2.05, 4.69) is 17.2 Å². The van der Waals surface area contributed by atoms with Crippen LogP contribution in [0.15, 0.2) is 67.3 Å².